The summed E-state index contributed by atoms with van der Waals surface area (Å²) in [5.41, 5.74) is -1.40. The SMILES string of the molecule is CCCC1(C(F)(F)F)CN(C2CCC(CC)CC2)C1. The predicted octanol–water partition coefficient (Wildman–Crippen LogP) is 4.62. The van der Waals surface area contributed by atoms with Crippen LogP contribution in [0.15, 0.2) is 0 Å². The predicted molar refractivity (Wildman–Crippen MR) is 71.0 cm³/mol. The highest BCUT2D eigenvalue weighted by atomic mass is 19.4. The molecule has 112 valence electrons. The first kappa shape index (κ1) is 15.1. The first-order chi connectivity index (χ1) is 8.92. The van der Waals surface area contributed by atoms with E-state index in [-0.39, 0.29) is 19.5 Å². The Hall–Kier alpha value is -0.250. The van der Waals surface area contributed by atoms with Gasteiger partial charge in [-0.1, -0.05) is 26.7 Å². The van der Waals surface area contributed by atoms with Crippen LogP contribution in [0.3, 0.4) is 0 Å². The van der Waals surface area contributed by atoms with E-state index in [9.17, 15) is 13.2 Å². The van der Waals surface area contributed by atoms with Gasteiger partial charge in [0.25, 0.3) is 0 Å². The van der Waals surface area contributed by atoms with Crippen molar-refractivity contribution in [3.8, 4) is 0 Å². The molecule has 1 saturated heterocycles. The van der Waals surface area contributed by atoms with E-state index in [4.69, 9.17) is 0 Å². The summed E-state index contributed by atoms with van der Waals surface area (Å²) in [5, 5.41) is 0. The van der Waals surface area contributed by atoms with Crippen LogP contribution >= 0.6 is 0 Å². The molecule has 0 radical (unpaired) electrons. The third kappa shape index (κ3) is 2.93. The lowest BCUT2D eigenvalue weighted by Gasteiger charge is -2.55. The van der Waals surface area contributed by atoms with Gasteiger partial charge in [0.1, 0.15) is 0 Å². The largest absolute Gasteiger partial charge is 0.396 e. The summed E-state index contributed by atoms with van der Waals surface area (Å²) in [4.78, 5) is 2.09. The van der Waals surface area contributed by atoms with Crippen LogP contribution in [-0.2, 0) is 0 Å². The van der Waals surface area contributed by atoms with E-state index in [1.165, 1.54) is 19.3 Å². The van der Waals surface area contributed by atoms with Gasteiger partial charge >= 0.3 is 6.18 Å². The van der Waals surface area contributed by atoms with Crippen LogP contribution < -0.4 is 0 Å². The molecule has 1 aliphatic carbocycles. The van der Waals surface area contributed by atoms with Gasteiger partial charge in [-0.25, -0.2) is 0 Å². The highest BCUT2D eigenvalue weighted by molar-refractivity contribution is 5.02. The summed E-state index contributed by atoms with van der Waals surface area (Å²) in [6.45, 7) is 4.55. The van der Waals surface area contributed by atoms with Gasteiger partial charge in [-0.15, -0.1) is 0 Å². The van der Waals surface area contributed by atoms with Gasteiger partial charge in [0.05, 0.1) is 5.41 Å². The normalized spacial score (nSPS) is 32.1. The highest BCUT2D eigenvalue weighted by Crippen LogP contribution is 2.50. The molecule has 1 nitrogen and oxygen atoms in total. The van der Waals surface area contributed by atoms with Crippen LogP contribution in [0.4, 0.5) is 13.2 Å². The summed E-state index contributed by atoms with van der Waals surface area (Å²) < 4.78 is 39.5. The Labute approximate surface area is 114 Å². The number of halogens is 3. The van der Waals surface area contributed by atoms with E-state index >= 15 is 0 Å². The standard InChI is InChI=1S/C15H26F3N/c1-3-9-14(15(16,17)18)10-19(11-14)13-7-5-12(4-2)6-8-13/h12-13H,3-11H2,1-2H3. The van der Waals surface area contributed by atoms with Crippen molar-refractivity contribution in [1.82, 2.24) is 4.90 Å². The topological polar surface area (TPSA) is 3.24 Å². The monoisotopic (exact) mass is 277 g/mol. The zero-order valence-electron chi connectivity index (χ0n) is 12.1. The zero-order chi connectivity index (χ0) is 14.1. The quantitative estimate of drug-likeness (QED) is 0.724. The van der Waals surface area contributed by atoms with Crippen LogP contribution in [0.25, 0.3) is 0 Å². The second kappa shape index (κ2) is 5.63. The number of alkyl halides is 3. The molecule has 2 fully saturated rings. The van der Waals surface area contributed by atoms with E-state index in [0.29, 0.717) is 12.5 Å². The molecular weight excluding hydrogens is 251 g/mol. The minimum Gasteiger partial charge on any atom is -0.299 e. The molecule has 0 N–H and O–H groups in total. The molecule has 1 aliphatic heterocycles. The lowest BCUT2D eigenvalue weighted by Crippen LogP contribution is -2.66. The van der Waals surface area contributed by atoms with Crippen molar-refractivity contribution in [2.24, 2.45) is 11.3 Å². The number of nitrogens with zero attached hydrogens (tertiary/aromatic N) is 1. The molecule has 0 atom stereocenters. The number of likely N-dealkylation sites (tertiary alicyclic amines) is 1. The molecule has 0 amide bonds. The summed E-state index contributed by atoms with van der Waals surface area (Å²) >= 11 is 0. The maximum Gasteiger partial charge on any atom is 0.396 e. The second-order valence-electron chi connectivity index (χ2n) is 6.52. The molecule has 0 aromatic heterocycles. The third-order valence-corrected chi connectivity index (χ3v) is 5.25. The third-order valence-electron chi connectivity index (χ3n) is 5.25. The Morgan fingerprint density at radius 2 is 1.63 bits per heavy atom. The van der Waals surface area contributed by atoms with Crippen molar-refractivity contribution in [3.63, 3.8) is 0 Å². The van der Waals surface area contributed by atoms with Crippen LogP contribution in [-0.4, -0.2) is 30.2 Å². The van der Waals surface area contributed by atoms with Crippen molar-refractivity contribution in [2.75, 3.05) is 13.1 Å². The molecule has 0 unspecified atom stereocenters. The molecule has 19 heavy (non-hydrogen) atoms. The maximum atomic E-state index is 13.2. The average molecular weight is 277 g/mol. The Kier molecular flexibility index (Phi) is 4.49. The smallest absolute Gasteiger partial charge is 0.299 e. The number of hydrogen-bond donors (Lipinski definition) is 0. The molecule has 1 heterocycles. The van der Waals surface area contributed by atoms with Crippen molar-refractivity contribution in [3.05, 3.63) is 0 Å². The Balaban J connectivity index is 1.87. The Morgan fingerprint density at radius 3 is 2.05 bits per heavy atom. The van der Waals surface area contributed by atoms with E-state index in [1.807, 2.05) is 6.92 Å². The van der Waals surface area contributed by atoms with Crippen molar-refractivity contribution in [2.45, 2.75) is 71.0 Å². The van der Waals surface area contributed by atoms with E-state index in [1.54, 1.807) is 0 Å². The lowest BCUT2D eigenvalue weighted by molar-refractivity contribution is -0.276. The van der Waals surface area contributed by atoms with Gasteiger partial charge in [-0.2, -0.15) is 13.2 Å². The van der Waals surface area contributed by atoms with Crippen LogP contribution in [0.5, 0.6) is 0 Å². The Bertz CT molecular complexity index is 286. The van der Waals surface area contributed by atoms with E-state index in [2.05, 4.69) is 11.8 Å². The average Bonchev–Trinajstić information content (AvgIpc) is 2.32. The molecule has 1 saturated carbocycles. The van der Waals surface area contributed by atoms with Crippen LogP contribution in [0.2, 0.25) is 0 Å². The molecule has 2 aliphatic rings. The van der Waals surface area contributed by atoms with Gasteiger partial charge < -0.3 is 0 Å². The molecule has 0 aromatic carbocycles. The summed E-state index contributed by atoms with van der Waals surface area (Å²) in [6, 6.07) is 0.412. The van der Waals surface area contributed by atoms with Gasteiger partial charge in [0.15, 0.2) is 0 Å². The first-order valence-electron chi connectivity index (χ1n) is 7.72. The lowest BCUT2D eigenvalue weighted by atomic mass is 9.72. The maximum absolute atomic E-state index is 13.2. The highest BCUT2D eigenvalue weighted by Gasteiger charge is 2.61. The summed E-state index contributed by atoms with van der Waals surface area (Å²) in [5.74, 6) is 0.806. The minimum absolute atomic E-state index is 0.242. The molecule has 0 spiro atoms. The van der Waals surface area contributed by atoms with Crippen LogP contribution in [0, 0.1) is 11.3 Å². The molecule has 0 bridgehead atoms. The second-order valence-corrected chi connectivity index (χ2v) is 6.52. The summed E-state index contributed by atoms with van der Waals surface area (Å²) in [6.07, 6.45) is 2.69. The molecule has 4 heteroatoms. The van der Waals surface area contributed by atoms with Gasteiger partial charge in [-0.05, 0) is 38.0 Å². The van der Waals surface area contributed by atoms with E-state index in [0.717, 1.165) is 18.8 Å². The first-order valence-corrected chi connectivity index (χ1v) is 7.72. The fraction of sp³-hybridized carbons (Fsp3) is 1.00. The molecule has 2 rings (SSSR count). The fourth-order valence-electron chi connectivity index (χ4n) is 3.87. The van der Waals surface area contributed by atoms with Crippen molar-refractivity contribution >= 4 is 0 Å². The number of hydrogen-bond acceptors (Lipinski definition) is 1. The van der Waals surface area contributed by atoms with Gasteiger partial charge in [0.2, 0.25) is 0 Å². The van der Waals surface area contributed by atoms with Gasteiger partial charge in [0, 0.05) is 19.1 Å². The van der Waals surface area contributed by atoms with Crippen molar-refractivity contribution in [1.29, 1.82) is 0 Å². The Morgan fingerprint density at radius 1 is 1.05 bits per heavy atom. The van der Waals surface area contributed by atoms with Gasteiger partial charge in [-0.3, -0.25) is 4.90 Å². The fourth-order valence-corrected chi connectivity index (χ4v) is 3.87. The van der Waals surface area contributed by atoms with E-state index < -0.39 is 11.6 Å². The zero-order valence-corrected chi connectivity index (χ0v) is 12.1. The molecular formula is C15H26F3N. The molecule has 0 aromatic rings. The minimum atomic E-state index is -4.03. The van der Waals surface area contributed by atoms with Crippen LogP contribution in [0.1, 0.15) is 58.8 Å². The van der Waals surface area contributed by atoms with Crippen molar-refractivity contribution < 1.29 is 13.2 Å². The number of rotatable bonds is 4. The summed E-state index contributed by atoms with van der Waals surface area (Å²) in [7, 11) is 0.